The Morgan fingerprint density at radius 2 is 1.67 bits per heavy atom. The molecular formula is C32H43N5O5. The first-order valence-electron chi connectivity index (χ1n) is 15.1. The van der Waals surface area contributed by atoms with Crippen LogP contribution in [0.2, 0.25) is 0 Å². The van der Waals surface area contributed by atoms with E-state index >= 15 is 0 Å². The number of hydrogen-bond donors (Lipinski definition) is 1. The van der Waals surface area contributed by atoms with E-state index in [0.29, 0.717) is 69.2 Å². The molecule has 0 bridgehead atoms. The number of methoxy groups -OCH3 is 1. The smallest absolute Gasteiger partial charge is 0.254 e. The zero-order valence-electron chi connectivity index (χ0n) is 24.8. The quantitative estimate of drug-likeness (QED) is 0.512. The van der Waals surface area contributed by atoms with Crippen molar-refractivity contribution < 1.29 is 23.9 Å². The number of morpholine rings is 1. The van der Waals surface area contributed by atoms with Crippen LogP contribution in [-0.4, -0.2) is 129 Å². The average molecular weight is 578 g/mol. The van der Waals surface area contributed by atoms with Gasteiger partial charge in [0.05, 0.1) is 26.4 Å². The van der Waals surface area contributed by atoms with E-state index in [1.165, 1.54) is 0 Å². The van der Waals surface area contributed by atoms with E-state index in [2.05, 4.69) is 10.2 Å². The van der Waals surface area contributed by atoms with Gasteiger partial charge in [-0.15, -0.1) is 0 Å². The summed E-state index contributed by atoms with van der Waals surface area (Å²) in [6, 6.07) is 13.7. The van der Waals surface area contributed by atoms with E-state index in [0.717, 1.165) is 38.2 Å². The summed E-state index contributed by atoms with van der Waals surface area (Å²) >= 11 is 0. The fraction of sp³-hybridized carbons (Fsp3) is 0.531. The maximum atomic E-state index is 14.0. The first-order valence-corrected chi connectivity index (χ1v) is 15.1. The van der Waals surface area contributed by atoms with Gasteiger partial charge in [0.2, 0.25) is 5.91 Å². The van der Waals surface area contributed by atoms with Gasteiger partial charge in [-0.3, -0.25) is 19.3 Å². The van der Waals surface area contributed by atoms with E-state index in [4.69, 9.17) is 9.47 Å². The lowest BCUT2D eigenvalue weighted by molar-refractivity contribution is -0.135. The van der Waals surface area contributed by atoms with Crippen LogP contribution in [0.3, 0.4) is 0 Å². The topological polar surface area (TPSA) is 94.7 Å². The molecular weight excluding hydrogens is 534 g/mol. The largest absolute Gasteiger partial charge is 0.497 e. The zero-order valence-corrected chi connectivity index (χ0v) is 24.8. The molecule has 2 aromatic carbocycles. The predicted octanol–water partition coefficient (Wildman–Crippen LogP) is 1.88. The van der Waals surface area contributed by atoms with Gasteiger partial charge in [0.15, 0.2) is 0 Å². The molecule has 226 valence electrons. The highest BCUT2D eigenvalue weighted by atomic mass is 16.5. The third-order valence-electron chi connectivity index (χ3n) is 8.57. The maximum absolute atomic E-state index is 14.0. The van der Waals surface area contributed by atoms with Gasteiger partial charge in [-0.25, -0.2) is 0 Å². The minimum atomic E-state index is -0.628. The Balaban J connectivity index is 1.43. The molecule has 5 rings (SSSR count). The highest BCUT2D eigenvalue weighted by Gasteiger charge is 2.44. The zero-order chi connectivity index (χ0) is 29.5. The average Bonchev–Trinajstić information content (AvgIpc) is 3.28. The molecule has 3 aliphatic heterocycles. The van der Waals surface area contributed by atoms with Crippen molar-refractivity contribution in [2.45, 2.75) is 31.8 Å². The minimum Gasteiger partial charge on any atom is -0.497 e. The van der Waals surface area contributed by atoms with Crippen molar-refractivity contribution in [3.05, 3.63) is 65.2 Å². The molecule has 2 aromatic rings. The van der Waals surface area contributed by atoms with Gasteiger partial charge >= 0.3 is 0 Å². The number of benzene rings is 2. The SMILES string of the molecule is COc1ccc(C(=O)N(CCN2CCOCC2)C2CC(C(=O)N3CCCNCC3)N(C(=O)c3ccc(C)cc3)C2)cc1. The second kappa shape index (κ2) is 14.1. The Hall–Kier alpha value is -3.47. The van der Waals surface area contributed by atoms with Crippen molar-refractivity contribution in [3.63, 3.8) is 0 Å². The number of ether oxygens (including phenoxy) is 2. The monoisotopic (exact) mass is 577 g/mol. The van der Waals surface area contributed by atoms with E-state index in [1.54, 1.807) is 36.3 Å². The number of hydrogen-bond acceptors (Lipinski definition) is 7. The lowest BCUT2D eigenvalue weighted by atomic mass is 10.1. The fourth-order valence-corrected chi connectivity index (χ4v) is 6.06. The summed E-state index contributed by atoms with van der Waals surface area (Å²) in [6.45, 7) is 9.34. The summed E-state index contributed by atoms with van der Waals surface area (Å²) in [5.41, 5.74) is 2.18. The second-order valence-electron chi connectivity index (χ2n) is 11.3. The molecule has 0 aromatic heterocycles. The van der Waals surface area contributed by atoms with Crippen molar-refractivity contribution in [3.8, 4) is 5.75 Å². The third-order valence-corrected chi connectivity index (χ3v) is 8.57. The molecule has 0 radical (unpaired) electrons. The number of nitrogens with zero attached hydrogens (tertiary/aromatic N) is 4. The number of carbonyl (C=O) groups is 3. The number of likely N-dealkylation sites (tertiary alicyclic amines) is 1. The van der Waals surface area contributed by atoms with Gasteiger partial charge in [-0.05, 0) is 62.7 Å². The van der Waals surface area contributed by atoms with Crippen LogP contribution in [-0.2, 0) is 9.53 Å². The molecule has 3 saturated heterocycles. The van der Waals surface area contributed by atoms with Gasteiger partial charge < -0.3 is 29.5 Å². The normalized spacial score (nSPS) is 21.6. The summed E-state index contributed by atoms with van der Waals surface area (Å²) in [5, 5.41) is 3.35. The highest BCUT2D eigenvalue weighted by Crippen LogP contribution is 2.28. The Kier molecular flexibility index (Phi) is 10.1. The lowest BCUT2D eigenvalue weighted by Crippen LogP contribution is -2.48. The fourth-order valence-electron chi connectivity index (χ4n) is 6.06. The summed E-state index contributed by atoms with van der Waals surface area (Å²) in [5.74, 6) is 0.367. The minimum absolute atomic E-state index is 0.0355. The summed E-state index contributed by atoms with van der Waals surface area (Å²) in [6.07, 6.45) is 1.28. The Labute approximate surface area is 248 Å². The van der Waals surface area contributed by atoms with Crippen LogP contribution >= 0.6 is 0 Å². The predicted molar refractivity (Wildman–Crippen MR) is 160 cm³/mol. The number of aryl methyl sites for hydroxylation is 1. The van der Waals surface area contributed by atoms with Crippen molar-refractivity contribution in [1.29, 1.82) is 0 Å². The molecule has 10 nitrogen and oxygen atoms in total. The van der Waals surface area contributed by atoms with Gasteiger partial charge in [0.1, 0.15) is 11.8 Å². The lowest BCUT2D eigenvalue weighted by Gasteiger charge is -2.33. The third kappa shape index (κ3) is 7.11. The van der Waals surface area contributed by atoms with Gasteiger partial charge in [-0.1, -0.05) is 17.7 Å². The molecule has 3 aliphatic rings. The van der Waals surface area contributed by atoms with Crippen LogP contribution in [0.25, 0.3) is 0 Å². The second-order valence-corrected chi connectivity index (χ2v) is 11.3. The van der Waals surface area contributed by atoms with Gasteiger partial charge in [0.25, 0.3) is 11.8 Å². The van der Waals surface area contributed by atoms with Crippen molar-refractivity contribution in [2.75, 3.05) is 79.2 Å². The van der Waals surface area contributed by atoms with E-state index < -0.39 is 6.04 Å². The molecule has 42 heavy (non-hydrogen) atoms. The first-order chi connectivity index (χ1) is 20.4. The summed E-state index contributed by atoms with van der Waals surface area (Å²) < 4.78 is 10.8. The molecule has 1 N–H and O–H groups in total. The van der Waals surface area contributed by atoms with E-state index in [-0.39, 0.29) is 23.8 Å². The highest BCUT2D eigenvalue weighted by molar-refractivity contribution is 5.99. The molecule has 10 heteroatoms. The van der Waals surface area contributed by atoms with Crippen LogP contribution in [0, 0.1) is 6.92 Å². The molecule has 2 unspecified atom stereocenters. The van der Waals surface area contributed by atoms with Gasteiger partial charge in [0, 0.05) is 63.5 Å². The molecule has 3 heterocycles. The summed E-state index contributed by atoms with van der Waals surface area (Å²) in [7, 11) is 1.60. The molecule has 3 amide bonds. The van der Waals surface area contributed by atoms with E-state index in [9.17, 15) is 14.4 Å². The van der Waals surface area contributed by atoms with Crippen molar-refractivity contribution in [1.82, 2.24) is 24.9 Å². The maximum Gasteiger partial charge on any atom is 0.254 e. The first kappa shape index (κ1) is 30.0. The van der Waals surface area contributed by atoms with Crippen LogP contribution < -0.4 is 10.1 Å². The number of carbonyl (C=O) groups excluding carboxylic acids is 3. The van der Waals surface area contributed by atoms with Crippen LogP contribution in [0.15, 0.2) is 48.5 Å². The standard InChI is InChI=1S/C32H43N5O5/c1-24-4-6-25(7-5-24)31(39)37-23-27(22-29(37)32(40)35-14-3-12-33-13-15-35)36(17-16-34-18-20-42-21-19-34)30(38)26-8-10-28(41-2)11-9-26/h4-11,27,29,33H,3,12-23H2,1-2H3. The number of nitrogens with one attached hydrogen (secondary N) is 1. The molecule has 0 spiro atoms. The molecule has 2 atom stereocenters. The number of rotatable bonds is 8. The Morgan fingerprint density at radius 1 is 0.952 bits per heavy atom. The Morgan fingerprint density at radius 3 is 2.38 bits per heavy atom. The molecule has 3 fully saturated rings. The van der Waals surface area contributed by atoms with Crippen molar-refractivity contribution in [2.24, 2.45) is 0 Å². The van der Waals surface area contributed by atoms with E-state index in [1.807, 2.05) is 41.0 Å². The number of amides is 3. The Bertz CT molecular complexity index is 1210. The molecule has 0 saturated carbocycles. The van der Waals surface area contributed by atoms with Crippen LogP contribution in [0.1, 0.15) is 39.1 Å². The molecule has 0 aliphatic carbocycles. The van der Waals surface area contributed by atoms with Gasteiger partial charge in [-0.2, -0.15) is 0 Å². The van der Waals surface area contributed by atoms with Crippen LogP contribution in [0.4, 0.5) is 0 Å². The van der Waals surface area contributed by atoms with Crippen LogP contribution in [0.5, 0.6) is 5.75 Å². The van der Waals surface area contributed by atoms with Crippen molar-refractivity contribution >= 4 is 17.7 Å². The summed E-state index contributed by atoms with van der Waals surface area (Å²) in [4.78, 5) is 49.7.